The number of aromatic nitrogens is 2. The first-order valence-electron chi connectivity index (χ1n) is 5.97. The van der Waals surface area contributed by atoms with Gasteiger partial charge in [-0.05, 0) is 27.9 Å². The van der Waals surface area contributed by atoms with Crippen LogP contribution in [0.5, 0.6) is 0 Å². The maximum atomic E-state index is 12.4. The number of imidazole rings is 1. The highest BCUT2D eigenvalue weighted by atomic mass is 32.2. The van der Waals surface area contributed by atoms with Crippen LogP contribution in [0.1, 0.15) is 19.7 Å². The van der Waals surface area contributed by atoms with Crippen molar-refractivity contribution in [3.63, 3.8) is 0 Å². The molecule has 0 saturated carbocycles. The number of H-pyrrole nitrogens is 1. The average Bonchev–Trinajstić information content (AvgIpc) is 2.64. The second-order valence-corrected chi connectivity index (χ2v) is 6.51. The third-order valence-electron chi connectivity index (χ3n) is 2.70. The lowest BCUT2D eigenvalue weighted by atomic mass is 10.3. The van der Waals surface area contributed by atoms with Crippen molar-refractivity contribution in [1.82, 2.24) is 19.2 Å². The van der Waals surface area contributed by atoms with Crippen molar-refractivity contribution in [3.05, 3.63) is 12.0 Å². The Labute approximate surface area is 109 Å². The molecule has 7 heteroatoms. The van der Waals surface area contributed by atoms with E-state index in [0.717, 1.165) is 0 Å². The molecule has 0 amide bonds. The van der Waals surface area contributed by atoms with E-state index in [1.807, 2.05) is 32.8 Å². The number of aromatic amines is 1. The Balaban J connectivity index is 3.00. The van der Waals surface area contributed by atoms with Crippen molar-refractivity contribution < 1.29 is 8.42 Å². The molecule has 0 bridgehead atoms. The molecule has 104 valence electrons. The summed E-state index contributed by atoms with van der Waals surface area (Å²) in [6, 6.07) is -0.0846. The zero-order valence-electron chi connectivity index (χ0n) is 11.6. The lowest BCUT2D eigenvalue weighted by Gasteiger charge is -2.28. The van der Waals surface area contributed by atoms with Crippen molar-refractivity contribution in [2.24, 2.45) is 0 Å². The predicted molar refractivity (Wildman–Crippen MR) is 70.9 cm³/mol. The summed E-state index contributed by atoms with van der Waals surface area (Å²) in [6.07, 6.45) is 1.37. The van der Waals surface area contributed by atoms with Crippen LogP contribution < -0.4 is 0 Å². The molecule has 1 N–H and O–H groups in total. The number of hydrogen-bond acceptors (Lipinski definition) is 4. The van der Waals surface area contributed by atoms with Gasteiger partial charge < -0.3 is 9.88 Å². The van der Waals surface area contributed by atoms with Crippen LogP contribution in [0.4, 0.5) is 0 Å². The fraction of sp³-hybridized carbons (Fsp3) is 0.727. The summed E-state index contributed by atoms with van der Waals surface area (Å²) < 4.78 is 26.4. The summed E-state index contributed by atoms with van der Waals surface area (Å²) in [6.45, 7) is 6.60. The van der Waals surface area contributed by atoms with Crippen molar-refractivity contribution in [2.45, 2.75) is 31.8 Å². The Kier molecular flexibility index (Phi) is 4.89. The fourth-order valence-electron chi connectivity index (χ4n) is 1.99. The van der Waals surface area contributed by atoms with Gasteiger partial charge in [-0.1, -0.05) is 6.92 Å². The second-order valence-electron chi connectivity index (χ2n) is 4.65. The number of nitrogens with zero attached hydrogens (tertiary/aromatic N) is 3. The van der Waals surface area contributed by atoms with Crippen LogP contribution in [0.15, 0.2) is 11.2 Å². The van der Waals surface area contributed by atoms with Crippen molar-refractivity contribution in [1.29, 1.82) is 0 Å². The standard InChI is InChI=1S/C11H22N4O2S/c1-6-15(9(2)8-14(4)5)18(16,17)11-7-12-10(3)13-11/h7,9H,6,8H2,1-5H3,(H,12,13). The van der Waals surface area contributed by atoms with Crippen LogP contribution in [0.25, 0.3) is 0 Å². The van der Waals surface area contributed by atoms with Gasteiger partial charge in [0.15, 0.2) is 5.03 Å². The number of likely N-dealkylation sites (N-methyl/N-ethyl adjacent to an activating group) is 2. The molecule has 0 aliphatic carbocycles. The third kappa shape index (κ3) is 3.30. The monoisotopic (exact) mass is 274 g/mol. The minimum atomic E-state index is -3.49. The highest BCUT2D eigenvalue weighted by molar-refractivity contribution is 7.89. The van der Waals surface area contributed by atoms with Crippen LogP contribution >= 0.6 is 0 Å². The Hall–Kier alpha value is -0.920. The van der Waals surface area contributed by atoms with Gasteiger partial charge in [0.05, 0.1) is 6.20 Å². The van der Waals surface area contributed by atoms with E-state index in [1.165, 1.54) is 10.5 Å². The van der Waals surface area contributed by atoms with Gasteiger partial charge in [-0.2, -0.15) is 4.31 Å². The topological polar surface area (TPSA) is 69.3 Å². The lowest BCUT2D eigenvalue weighted by Crippen LogP contribution is -2.43. The van der Waals surface area contributed by atoms with E-state index in [9.17, 15) is 8.42 Å². The molecule has 1 heterocycles. The Morgan fingerprint density at radius 2 is 2.06 bits per heavy atom. The molecule has 1 aromatic rings. The lowest BCUT2D eigenvalue weighted by molar-refractivity contribution is 0.271. The van der Waals surface area contributed by atoms with Crippen molar-refractivity contribution >= 4 is 10.0 Å². The number of hydrogen-bond donors (Lipinski definition) is 1. The molecule has 0 spiro atoms. The second kappa shape index (κ2) is 5.81. The molecule has 0 radical (unpaired) electrons. The third-order valence-corrected chi connectivity index (χ3v) is 4.70. The van der Waals surface area contributed by atoms with E-state index in [2.05, 4.69) is 9.97 Å². The molecule has 0 aromatic carbocycles. The molecule has 6 nitrogen and oxygen atoms in total. The molecule has 0 saturated heterocycles. The van der Waals surface area contributed by atoms with Gasteiger partial charge >= 0.3 is 0 Å². The van der Waals surface area contributed by atoms with Crippen LogP contribution in [0, 0.1) is 6.92 Å². The molecule has 0 fully saturated rings. The summed E-state index contributed by atoms with van der Waals surface area (Å²) >= 11 is 0. The highest BCUT2D eigenvalue weighted by Gasteiger charge is 2.29. The number of nitrogens with one attached hydrogen (secondary N) is 1. The van der Waals surface area contributed by atoms with E-state index >= 15 is 0 Å². The van der Waals surface area contributed by atoms with Gasteiger partial charge in [0.2, 0.25) is 0 Å². The maximum absolute atomic E-state index is 12.4. The molecular weight excluding hydrogens is 252 g/mol. The summed E-state index contributed by atoms with van der Waals surface area (Å²) in [5.74, 6) is 0.602. The average molecular weight is 274 g/mol. The molecule has 1 atom stereocenters. The van der Waals surface area contributed by atoms with Crippen LogP contribution in [-0.2, 0) is 10.0 Å². The zero-order chi connectivity index (χ0) is 13.9. The van der Waals surface area contributed by atoms with Crippen LogP contribution in [0.2, 0.25) is 0 Å². The molecular formula is C11H22N4O2S. The summed E-state index contributed by atoms with van der Waals surface area (Å²) in [7, 11) is 0.369. The van der Waals surface area contributed by atoms with Gasteiger partial charge in [-0.15, -0.1) is 0 Å². The van der Waals surface area contributed by atoms with Crippen LogP contribution in [0.3, 0.4) is 0 Å². The number of rotatable bonds is 6. The Bertz CT molecular complexity index is 481. The highest BCUT2D eigenvalue weighted by Crippen LogP contribution is 2.16. The summed E-state index contributed by atoms with van der Waals surface area (Å²) in [5, 5.41) is 0.160. The molecule has 1 unspecified atom stereocenters. The Morgan fingerprint density at radius 1 is 1.44 bits per heavy atom. The van der Waals surface area contributed by atoms with E-state index < -0.39 is 10.0 Å². The van der Waals surface area contributed by atoms with Gasteiger partial charge in [-0.3, -0.25) is 0 Å². The van der Waals surface area contributed by atoms with E-state index in [4.69, 9.17) is 0 Å². The van der Waals surface area contributed by atoms with E-state index in [1.54, 1.807) is 6.92 Å². The zero-order valence-corrected chi connectivity index (χ0v) is 12.5. The number of aryl methyl sites for hydroxylation is 1. The first-order valence-corrected chi connectivity index (χ1v) is 7.41. The maximum Gasteiger partial charge on any atom is 0.260 e. The van der Waals surface area contributed by atoms with Gasteiger partial charge in [0, 0.05) is 19.1 Å². The van der Waals surface area contributed by atoms with E-state index in [-0.39, 0.29) is 11.1 Å². The first kappa shape index (κ1) is 15.1. The normalized spacial score (nSPS) is 14.4. The molecule has 18 heavy (non-hydrogen) atoms. The SMILES string of the molecule is CCN(C(C)CN(C)C)S(=O)(=O)c1cnc(C)[nH]1. The minimum absolute atomic E-state index is 0.0846. The van der Waals surface area contributed by atoms with Gasteiger partial charge in [-0.25, -0.2) is 13.4 Å². The largest absolute Gasteiger partial charge is 0.332 e. The van der Waals surface area contributed by atoms with E-state index in [0.29, 0.717) is 18.9 Å². The van der Waals surface area contributed by atoms with Gasteiger partial charge in [0.1, 0.15) is 5.82 Å². The molecule has 0 aliphatic rings. The summed E-state index contributed by atoms with van der Waals surface area (Å²) in [5.41, 5.74) is 0. The fourth-order valence-corrected chi connectivity index (χ4v) is 3.59. The first-order chi connectivity index (χ1) is 8.28. The van der Waals surface area contributed by atoms with Crippen molar-refractivity contribution in [2.75, 3.05) is 27.2 Å². The molecule has 1 aromatic heterocycles. The van der Waals surface area contributed by atoms with Crippen molar-refractivity contribution in [3.8, 4) is 0 Å². The Morgan fingerprint density at radius 3 is 2.44 bits per heavy atom. The number of sulfonamides is 1. The molecule has 1 rings (SSSR count). The smallest absolute Gasteiger partial charge is 0.260 e. The minimum Gasteiger partial charge on any atom is -0.332 e. The summed E-state index contributed by atoms with van der Waals surface area (Å²) in [4.78, 5) is 8.71. The predicted octanol–water partition coefficient (Wildman–Crippen LogP) is 0.679. The van der Waals surface area contributed by atoms with Crippen LogP contribution in [-0.4, -0.2) is 60.8 Å². The van der Waals surface area contributed by atoms with Gasteiger partial charge in [0.25, 0.3) is 10.0 Å². The quantitative estimate of drug-likeness (QED) is 0.828. The molecule has 0 aliphatic heterocycles.